The third kappa shape index (κ3) is 4.85. The van der Waals surface area contributed by atoms with Crippen LogP contribution in [0.25, 0.3) is 11.0 Å². The van der Waals surface area contributed by atoms with E-state index in [0.717, 1.165) is 32.0 Å². The van der Waals surface area contributed by atoms with Gasteiger partial charge in [-0.3, -0.25) is 4.79 Å². The number of fused-ring (bicyclic) bond motifs is 2. The Bertz CT molecular complexity index is 1280. The summed E-state index contributed by atoms with van der Waals surface area (Å²) in [6.45, 7) is 2.47. The summed E-state index contributed by atoms with van der Waals surface area (Å²) in [4.78, 5) is 14.9. The molecule has 7 nitrogen and oxygen atoms in total. The minimum absolute atomic E-state index is 0.0568. The number of hydrogen-bond acceptors (Lipinski definition) is 6. The highest BCUT2D eigenvalue weighted by Gasteiger charge is 2.46. The first-order valence-corrected chi connectivity index (χ1v) is 12.4. The molecule has 0 radical (unpaired) electrons. The second kappa shape index (κ2) is 10.0. The van der Waals surface area contributed by atoms with Gasteiger partial charge in [-0.2, -0.15) is 8.78 Å². The average molecular weight is 541 g/mol. The molecule has 0 spiro atoms. The molecule has 5 rings (SSSR count). The van der Waals surface area contributed by atoms with E-state index in [-0.39, 0.29) is 27.6 Å². The van der Waals surface area contributed by atoms with Crippen LogP contribution in [0.2, 0.25) is 10.0 Å². The van der Waals surface area contributed by atoms with Crippen LogP contribution < -0.4 is 14.8 Å². The van der Waals surface area contributed by atoms with E-state index in [1.54, 1.807) is 18.2 Å². The molecule has 1 saturated heterocycles. The van der Waals surface area contributed by atoms with E-state index < -0.39 is 29.7 Å². The number of hydrogen-bond donors (Lipinski definition) is 2. The Balaban J connectivity index is 1.40. The van der Waals surface area contributed by atoms with Crippen LogP contribution in [0.5, 0.6) is 11.5 Å². The Labute approximate surface area is 215 Å². The molecule has 0 bridgehead atoms. The number of likely N-dealkylation sites (tertiary alicyclic amines) is 1. The number of alkyl halides is 2. The molecule has 0 saturated carbocycles. The molecule has 0 aliphatic carbocycles. The van der Waals surface area contributed by atoms with Crippen LogP contribution in [-0.2, 0) is 10.7 Å². The SMILES string of the molecule is O=C(N[C@H](CN1CCCC1)[C@H](O)c1ccc2c(c1)OCCO2)C(F)(F)c1cc2c(Cl)c(Cl)ccc2o1. The molecular formula is C25H24Cl2F2N2O5. The molecule has 2 aliphatic heterocycles. The largest absolute Gasteiger partial charge is 0.486 e. The summed E-state index contributed by atoms with van der Waals surface area (Å²) in [5, 5.41) is 13.9. The van der Waals surface area contributed by atoms with E-state index in [2.05, 4.69) is 5.32 Å². The summed E-state index contributed by atoms with van der Waals surface area (Å²) in [5.74, 6) is -5.50. The topological polar surface area (TPSA) is 84.2 Å². The summed E-state index contributed by atoms with van der Waals surface area (Å²) in [6, 6.07) is 7.70. The number of carbonyl (C=O) groups is 1. The number of nitrogens with zero attached hydrogens (tertiary/aromatic N) is 1. The molecular weight excluding hydrogens is 517 g/mol. The van der Waals surface area contributed by atoms with Crippen molar-refractivity contribution in [3.63, 3.8) is 0 Å². The van der Waals surface area contributed by atoms with Crippen LogP contribution in [0.4, 0.5) is 8.78 Å². The smallest absolute Gasteiger partial charge is 0.380 e. The lowest BCUT2D eigenvalue weighted by Gasteiger charge is -2.30. The van der Waals surface area contributed by atoms with E-state index >= 15 is 8.78 Å². The van der Waals surface area contributed by atoms with Crippen molar-refractivity contribution in [1.82, 2.24) is 10.2 Å². The van der Waals surface area contributed by atoms with Gasteiger partial charge in [-0.25, -0.2) is 0 Å². The van der Waals surface area contributed by atoms with Crippen molar-refractivity contribution in [3.8, 4) is 11.5 Å². The van der Waals surface area contributed by atoms with Crippen molar-refractivity contribution >= 4 is 40.1 Å². The van der Waals surface area contributed by atoms with Crippen LogP contribution in [-0.4, -0.2) is 54.8 Å². The van der Waals surface area contributed by atoms with Gasteiger partial charge in [0.15, 0.2) is 17.3 Å². The zero-order valence-corrected chi connectivity index (χ0v) is 20.6. The Morgan fingerprint density at radius 2 is 1.81 bits per heavy atom. The minimum atomic E-state index is -4.02. The van der Waals surface area contributed by atoms with Gasteiger partial charge in [0.05, 0.1) is 16.1 Å². The standard InChI is InChI=1S/C25H24Cl2F2N2O5/c26-16-4-6-18-15(22(16)27)12-21(36-18)25(28,29)24(33)30-17(13-31-7-1-2-8-31)23(32)14-3-5-19-20(11-14)35-10-9-34-19/h3-6,11-12,17,23,32H,1-2,7-10,13H2,(H,30,33)/t17-,23-/m1/s1. The number of furan rings is 1. The van der Waals surface area contributed by atoms with Crippen molar-refractivity contribution < 1.29 is 32.6 Å². The minimum Gasteiger partial charge on any atom is -0.486 e. The molecule has 2 atom stereocenters. The number of amides is 1. The Morgan fingerprint density at radius 1 is 1.08 bits per heavy atom. The number of carbonyl (C=O) groups excluding carboxylic acids is 1. The van der Waals surface area contributed by atoms with Gasteiger partial charge in [-0.15, -0.1) is 0 Å². The van der Waals surface area contributed by atoms with Gasteiger partial charge >= 0.3 is 5.92 Å². The van der Waals surface area contributed by atoms with Crippen LogP contribution in [0, 0.1) is 0 Å². The van der Waals surface area contributed by atoms with Crippen LogP contribution in [0.1, 0.15) is 30.3 Å². The third-order valence-corrected chi connectivity index (χ3v) is 7.26. The number of ether oxygens (including phenoxy) is 2. The zero-order chi connectivity index (χ0) is 25.4. The molecule has 192 valence electrons. The average Bonchev–Trinajstić information content (AvgIpc) is 3.56. The summed E-state index contributed by atoms with van der Waals surface area (Å²) in [5.41, 5.74) is 0.494. The van der Waals surface area contributed by atoms with Crippen LogP contribution in [0.3, 0.4) is 0 Å². The first kappa shape index (κ1) is 25.1. The Kier molecular flexibility index (Phi) is 7.00. The molecule has 1 amide bonds. The van der Waals surface area contributed by atoms with E-state index in [0.29, 0.717) is 30.3 Å². The molecule has 11 heteroatoms. The summed E-state index contributed by atoms with van der Waals surface area (Å²) in [7, 11) is 0. The van der Waals surface area contributed by atoms with Crippen LogP contribution in [0.15, 0.2) is 40.8 Å². The molecule has 1 aromatic heterocycles. The molecule has 1 fully saturated rings. The van der Waals surface area contributed by atoms with Crippen molar-refractivity contribution in [1.29, 1.82) is 0 Å². The van der Waals surface area contributed by atoms with Gasteiger partial charge < -0.3 is 29.2 Å². The fraction of sp³-hybridized carbons (Fsp3) is 0.400. The van der Waals surface area contributed by atoms with E-state index in [1.807, 2.05) is 4.90 Å². The summed E-state index contributed by atoms with van der Waals surface area (Å²) in [6.07, 6.45) is 0.642. The normalized spacial score (nSPS) is 17.8. The molecule has 2 aromatic carbocycles. The summed E-state index contributed by atoms with van der Waals surface area (Å²) >= 11 is 12.1. The van der Waals surface area contributed by atoms with Crippen molar-refractivity contribution in [3.05, 3.63) is 57.8 Å². The lowest BCUT2D eigenvalue weighted by molar-refractivity contribution is -0.151. The van der Waals surface area contributed by atoms with Crippen molar-refractivity contribution in [2.75, 3.05) is 32.8 Å². The fourth-order valence-electron chi connectivity index (χ4n) is 4.52. The molecule has 3 aromatic rings. The maximum absolute atomic E-state index is 15.3. The van der Waals surface area contributed by atoms with Crippen LogP contribution >= 0.6 is 23.2 Å². The number of aliphatic hydroxyl groups excluding tert-OH is 1. The quantitative estimate of drug-likeness (QED) is 0.442. The maximum atomic E-state index is 15.3. The Morgan fingerprint density at radius 3 is 2.56 bits per heavy atom. The maximum Gasteiger partial charge on any atom is 0.380 e. The van der Waals surface area contributed by atoms with Gasteiger partial charge in [0.1, 0.15) is 24.9 Å². The van der Waals surface area contributed by atoms with Gasteiger partial charge in [-0.05, 0) is 61.8 Å². The van der Waals surface area contributed by atoms with E-state index in [4.69, 9.17) is 37.1 Å². The number of aliphatic hydroxyl groups is 1. The predicted octanol–water partition coefficient (Wildman–Crippen LogP) is 4.92. The molecule has 2 aliphatic rings. The number of nitrogens with one attached hydrogen (secondary N) is 1. The number of rotatable bonds is 7. The Hall–Kier alpha value is -2.59. The first-order chi connectivity index (χ1) is 17.2. The highest BCUT2D eigenvalue weighted by molar-refractivity contribution is 6.45. The molecule has 36 heavy (non-hydrogen) atoms. The van der Waals surface area contributed by atoms with E-state index in [9.17, 15) is 9.90 Å². The fourth-order valence-corrected chi connectivity index (χ4v) is 4.90. The summed E-state index contributed by atoms with van der Waals surface area (Å²) < 4.78 is 46.9. The van der Waals surface area contributed by atoms with Gasteiger partial charge in [0, 0.05) is 11.9 Å². The monoisotopic (exact) mass is 540 g/mol. The van der Waals surface area contributed by atoms with Gasteiger partial charge in [-0.1, -0.05) is 29.3 Å². The van der Waals surface area contributed by atoms with Crippen molar-refractivity contribution in [2.24, 2.45) is 0 Å². The van der Waals surface area contributed by atoms with E-state index in [1.165, 1.54) is 12.1 Å². The van der Waals surface area contributed by atoms with Gasteiger partial charge in [0.2, 0.25) is 0 Å². The molecule has 2 N–H and O–H groups in total. The highest BCUT2D eigenvalue weighted by atomic mass is 35.5. The second-order valence-electron chi connectivity index (χ2n) is 8.89. The number of halogens is 4. The van der Waals surface area contributed by atoms with Crippen molar-refractivity contribution in [2.45, 2.75) is 30.9 Å². The lowest BCUT2D eigenvalue weighted by atomic mass is 10.0. The molecule has 3 heterocycles. The first-order valence-electron chi connectivity index (χ1n) is 11.6. The predicted molar refractivity (Wildman–Crippen MR) is 130 cm³/mol. The second-order valence-corrected chi connectivity index (χ2v) is 9.68. The molecule has 0 unspecified atom stereocenters. The van der Waals surface area contributed by atoms with Gasteiger partial charge in [0.25, 0.3) is 5.91 Å². The zero-order valence-electron chi connectivity index (χ0n) is 19.1. The lowest BCUT2D eigenvalue weighted by Crippen LogP contribution is -2.50. The third-order valence-electron chi connectivity index (χ3n) is 6.44. The highest BCUT2D eigenvalue weighted by Crippen LogP contribution is 2.39. The number of benzene rings is 2.